The predicted molar refractivity (Wildman–Crippen MR) is 263 cm³/mol. The van der Waals surface area contributed by atoms with Gasteiger partial charge in [0.1, 0.15) is 0 Å². The van der Waals surface area contributed by atoms with Gasteiger partial charge in [0.05, 0.1) is 0 Å². The number of hydrogen-bond acceptors (Lipinski definition) is 1. The minimum Gasteiger partial charge on any atom is -0.310 e. The van der Waals surface area contributed by atoms with Crippen LogP contribution in [0.15, 0.2) is 237 Å². The summed E-state index contributed by atoms with van der Waals surface area (Å²) in [5, 5.41) is 2.52. The number of benzene rings is 10. The Labute approximate surface area is 364 Å². The molecule has 0 spiro atoms. The maximum Gasteiger partial charge on any atom is 0.0467 e. The standard InChI is InChI=1S/C61H45N/c1-61(2)59-24-9-8-22-57(59)58-38-33-50(41-60(58)61)46-31-36-53(37-32-46)62(54-20-11-18-49(40-54)44-27-25-43(26-28-44)42-13-4-3-5-14-42)52-34-29-45(30-35-52)48-17-10-19-51(39-48)56-23-12-16-47-15-6-7-21-55(47)56/h3-41H,1-2H3. The van der Waals surface area contributed by atoms with Gasteiger partial charge in [0.2, 0.25) is 0 Å². The molecule has 1 aliphatic carbocycles. The molecule has 1 aliphatic rings. The first-order valence-electron chi connectivity index (χ1n) is 21.6. The van der Waals surface area contributed by atoms with Crippen LogP contribution in [0, 0.1) is 0 Å². The van der Waals surface area contributed by atoms with Crippen LogP contribution in [0.2, 0.25) is 0 Å². The summed E-state index contributed by atoms with van der Waals surface area (Å²) in [4.78, 5) is 2.38. The van der Waals surface area contributed by atoms with Gasteiger partial charge in [0, 0.05) is 22.5 Å². The smallest absolute Gasteiger partial charge is 0.0467 e. The SMILES string of the molecule is CC1(C)c2ccccc2-c2ccc(-c3ccc(N(c4ccc(-c5cccc(-c6cccc7ccccc67)c5)cc4)c4cccc(-c5ccc(-c6ccccc6)cc5)c4)cc3)cc21. The van der Waals surface area contributed by atoms with Crippen LogP contribution in [0.5, 0.6) is 0 Å². The lowest BCUT2D eigenvalue weighted by Crippen LogP contribution is -2.14. The van der Waals surface area contributed by atoms with Crippen LogP contribution < -0.4 is 4.90 Å². The quantitative estimate of drug-likeness (QED) is 0.148. The van der Waals surface area contributed by atoms with Crippen molar-refractivity contribution in [1.29, 1.82) is 0 Å². The summed E-state index contributed by atoms with van der Waals surface area (Å²) in [7, 11) is 0. The fraction of sp³-hybridized carbons (Fsp3) is 0.0492. The summed E-state index contributed by atoms with van der Waals surface area (Å²) in [5.41, 5.74) is 20.8. The molecule has 0 saturated heterocycles. The Morgan fingerprint density at radius 2 is 0.726 bits per heavy atom. The highest BCUT2D eigenvalue weighted by molar-refractivity contribution is 5.97. The molecule has 1 nitrogen and oxygen atoms in total. The molecule has 0 saturated carbocycles. The van der Waals surface area contributed by atoms with E-state index in [-0.39, 0.29) is 5.41 Å². The fourth-order valence-electron chi connectivity index (χ4n) is 9.59. The Balaban J connectivity index is 0.956. The van der Waals surface area contributed by atoms with E-state index in [1.807, 2.05) is 0 Å². The van der Waals surface area contributed by atoms with E-state index in [0.29, 0.717) is 0 Å². The van der Waals surface area contributed by atoms with E-state index >= 15 is 0 Å². The van der Waals surface area contributed by atoms with Crippen molar-refractivity contribution in [2.24, 2.45) is 0 Å². The topological polar surface area (TPSA) is 3.24 Å². The van der Waals surface area contributed by atoms with Crippen LogP contribution in [0.3, 0.4) is 0 Å². The third-order valence-corrected chi connectivity index (χ3v) is 12.9. The zero-order valence-electron chi connectivity index (χ0n) is 35.0. The lowest BCUT2D eigenvalue weighted by molar-refractivity contribution is 0.660. The van der Waals surface area contributed by atoms with Crippen molar-refractivity contribution in [2.75, 3.05) is 4.90 Å². The highest BCUT2D eigenvalue weighted by Gasteiger charge is 2.35. The predicted octanol–water partition coefficient (Wildman–Crippen LogP) is 17.0. The molecule has 11 rings (SSSR count). The number of rotatable bonds is 8. The van der Waals surface area contributed by atoms with Gasteiger partial charge in [-0.15, -0.1) is 0 Å². The fourth-order valence-corrected chi connectivity index (χ4v) is 9.59. The average molecular weight is 792 g/mol. The Kier molecular flexibility index (Phi) is 9.24. The maximum absolute atomic E-state index is 2.41. The van der Waals surface area contributed by atoms with Crippen molar-refractivity contribution in [3.63, 3.8) is 0 Å². The minimum absolute atomic E-state index is 0.0467. The average Bonchev–Trinajstić information content (AvgIpc) is 3.57. The van der Waals surface area contributed by atoms with Gasteiger partial charge in [-0.3, -0.25) is 0 Å². The van der Waals surface area contributed by atoms with Crippen LogP contribution in [0.25, 0.3) is 77.5 Å². The molecule has 294 valence electrons. The van der Waals surface area contributed by atoms with Gasteiger partial charge in [-0.1, -0.05) is 202 Å². The second-order valence-corrected chi connectivity index (χ2v) is 17.0. The van der Waals surface area contributed by atoms with Crippen LogP contribution in [0.1, 0.15) is 25.0 Å². The van der Waals surface area contributed by atoms with Gasteiger partial charge in [-0.2, -0.15) is 0 Å². The molecular formula is C61H45N. The molecule has 0 unspecified atom stereocenters. The van der Waals surface area contributed by atoms with E-state index in [9.17, 15) is 0 Å². The third-order valence-electron chi connectivity index (χ3n) is 12.9. The van der Waals surface area contributed by atoms with Gasteiger partial charge in [0.15, 0.2) is 0 Å². The van der Waals surface area contributed by atoms with Crippen molar-refractivity contribution >= 4 is 27.8 Å². The van der Waals surface area contributed by atoms with Crippen LogP contribution in [0.4, 0.5) is 17.1 Å². The van der Waals surface area contributed by atoms with Gasteiger partial charge in [0.25, 0.3) is 0 Å². The summed E-state index contributed by atoms with van der Waals surface area (Å²) in [6.45, 7) is 4.70. The first-order chi connectivity index (χ1) is 30.5. The summed E-state index contributed by atoms with van der Waals surface area (Å²) >= 11 is 0. The minimum atomic E-state index is -0.0467. The van der Waals surface area contributed by atoms with Gasteiger partial charge in [-0.05, 0) is 137 Å². The summed E-state index contributed by atoms with van der Waals surface area (Å²) in [6, 6.07) is 86.5. The molecule has 0 amide bonds. The van der Waals surface area contributed by atoms with E-state index < -0.39 is 0 Å². The zero-order valence-corrected chi connectivity index (χ0v) is 35.0. The number of nitrogens with zero attached hydrogens (tertiary/aromatic N) is 1. The number of anilines is 3. The molecule has 0 radical (unpaired) electrons. The molecule has 0 fully saturated rings. The molecule has 0 N–H and O–H groups in total. The molecule has 0 atom stereocenters. The Morgan fingerprint density at radius 1 is 0.274 bits per heavy atom. The first kappa shape index (κ1) is 37.3. The van der Waals surface area contributed by atoms with E-state index in [4.69, 9.17) is 0 Å². The molecule has 10 aromatic carbocycles. The molecule has 0 aliphatic heterocycles. The lowest BCUT2D eigenvalue weighted by atomic mass is 9.81. The second-order valence-electron chi connectivity index (χ2n) is 17.0. The number of fused-ring (bicyclic) bond motifs is 4. The van der Waals surface area contributed by atoms with Crippen LogP contribution in [-0.2, 0) is 5.41 Å². The summed E-state index contributed by atoms with van der Waals surface area (Å²) in [6.07, 6.45) is 0. The van der Waals surface area contributed by atoms with Crippen molar-refractivity contribution in [1.82, 2.24) is 0 Å². The Hall–Kier alpha value is -7.74. The van der Waals surface area contributed by atoms with Crippen molar-refractivity contribution in [3.05, 3.63) is 248 Å². The lowest BCUT2D eigenvalue weighted by Gasteiger charge is -2.26. The van der Waals surface area contributed by atoms with E-state index in [1.54, 1.807) is 0 Å². The van der Waals surface area contributed by atoms with Gasteiger partial charge < -0.3 is 4.90 Å². The van der Waals surface area contributed by atoms with Crippen molar-refractivity contribution < 1.29 is 0 Å². The van der Waals surface area contributed by atoms with E-state index in [1.165, 1.54) is 88.7 Å². The molecular weight excluding hydrogens is 747 g/mol. The third kappa shape index (κ3) is 6.69. The summed E-state index contributed by atoms with van der Waals surface area (Å²) < 4.78 is 0. The Morgan fingerprint density at radius 3 is 1.45 bits per heavy atom. The first-order valence-corrected chi connectivity index (χ1v) is 21.6. The van der Waals surface area contributed by atoms with Gasteiger partial charge >= 0.3 is 0 Å². The van der Waals surface area contributed by atoms with Crippen molar-refractivity contribution in [3.8, 4) is 66.8 Å². The molecule has 10 aromatic rings. The van der Waals surface area contributed by atoms with E-state index in [2.05, 4.69) is 255 Å². The second kappa shape index (κ2) is 15.4. The molecule has 0 bridgehead atoms. The van der Waals surface area contributed by atoms with Gasteiger partial charge in [-0.25, -0.2) is 0 Å². The maximum atomic E-state index is 2.41. The zero-order chi connectivity index (χ0) is 41.6. The molecule has 0 aromatic heterocycles. The Bertz CT molecular complexity index is 3220. The van der Waals surface area contributed by atoms with Crippen molar-refractivity contribution in [2.45, 2.75) is 19.3 Å². The normalized spacial score (nSPS) is 12.5. The molecule has 1 heteroatoms. The highest BCUT2D eigenvalue weighted by Crippen LogP contribution is 2.50. The van der Waals surface area contributed by atoms with E-state index in [0.717, 1.165) is 17.1 Å². The molecule has 62 heavy (non-hydrogen) atoms. The number of hydrogen-bond donors (Lipinski definition) is 0. The monoisotopic (exact) mass is 791 g/mol. The molecule has 0 heterocycles. The highest BCUT2D eigenvalue weighted by atomic mass is 15.1. The van der Waals surface area contributed by atoms with Crippen LogP contribution >= 0.6 is 0 Å². The van der Waals surface area contributed by atoms with Crippen LogP contribution in [-0.4, -0.2) is 0 Å². The summed E-state index contributed by atoms with van der Waals surface area (Å²) in [5.74, 6) is 0. The largest absolute Gasteiger partial charge is 0.310 e.